The van der Waals surface area contributed by atoms with E-state index < -0.39 is 0 Å². The molecule has 0 amide bonds. The van der Waals surface area contributed by atoms with Gasteiger partial charge in [-0.1, -0.05) is 6.58 Å². The van der Waals surface area contributed by atoms with Gasteiger partial charge in [0.2, 0.25) is 0 Å². The Kier molecular flexibility index (Phi) is 3.29. The van der Waals surface area contributed by atoms with Crippen LogP contribution in [0.3, 0.4) is 0 Å². The van der Waals surface area contributed by atoms with E-state index in [0.29, 0.717) is 12.0 Å². The van der Waals surface area contributed by atoms with E-state index in [2.05, 4.69) is 6.58 Å². The Morgan fingerprint density at radius 1 is 1.64 bits per heavy atom. The van der Waals surface area contributed by atoms with Crippen molar-refractivity contribution in [3.63, 3.8) is 0 Å². The predicted octanol–water partition coefficient (Wildman–Crippen LogP) is 2.74. The van der Waals surface area contributed by atoms with Gasteiger partial charge < -0.3 is 9.15 Å². The Morgan fingerprint density at radius 2 is 2.36 bits per heavy atom. The number of ether oxygens (including phenoxy) is 1. The largest absolute Gasteiger partial charge is 0.501 e. The number of carbonyl (C=O) groups excluding carboxylic acids is 1. The van der Waals surface area contributed by atoms with E-state index in [1.54, 1.807) is 25.3 Å². The van der Waals surface area contributed by atoms with Gasteiger partial charge in [-0.25, -0.2) is 0 Å². The summed E-state index contributed by atoms with van der Waals surface area (Å²) < 4.78 is 10.2. The molecule has 0 fully saturated rings. The van der Waals surface area contributed by atoms with Crippen molar-refractivity contribution < 1.29 is 13.9 Å². The van der Waals surface area contributed by atoms with E-state index in [4.69, 9.17) is 9.15 Å². The Bertz CT molecular complexity index is 372. The van der Waals surface area contributed by atoms with Crippen LogP contribution in [0.4, 0.5) is 0 Å². The van der Waals surface area contributed by atoms with Gasteiger partial charge in [0.15, 0.2) is 12.0 Å². The van der Waals surface area contributed by atoms with Crippen LogP contribution in [0.5, 0.6) is 0 Å². The standard InChI is InChI=1S/C11H12O3/c1-4-11-9(5-8(2)13-3)6-10(7-12)14-11/h4-7H,1H2,2-3H3/b8-5+. The second-order valence-corrected chi connectivity index (χ2v) is 2.75. The van der Waals surface area contributed by atoms with Crippen LogP contribution in [-0.4, -0.2) is 13.4 Å². The van der Waals surface area contributed by atoms with Crippen molar-refractivity contribution in [3.05, 3.63) is 35.5 Å². The summed E-state index contributed by atoms with van der Waals surface area (Å²) >= 11 is 0. The van der Waals surface area contributed by atoms with E-state index in [0.717, 1.165) is 11.3 Å². The van der Waals surface area contributed by atoms with Crippen molar-refractivity contribution in [2.75, 3.05) is 7.11 Å². The van der Waals surface area contributed by atoms with Gasteiger partial charge in [0.1, 0.15) is 5.76 Å². The summed E-state index contributed by atoms with van der Waals surface area (Å²) in [6.07, 6.45) is 4.00. The van der Waals surface area contributed by atoms with Crippen LogP contribution in [0.2, 0.25) is 0 Å². The molecule has 0 saturated heterocycles. The first kappa shape index (κ1) is 10.3. The number of hydrogen-bond donors (Lipinski definition) is 0. The molecule has 74 valence electrons. The molecule has 1 aromatic heterocycles. The monoisotopic (exact) mass is 192 g/mol. The zero-order valence-electron chi connectivity index (χ0n) is 8.24. The molecule has 1 heterocycles. The first-order valence-electron chi connectivity index (χ1n) is 4.15. The maximum absolute atomic E-state index is 10.5. The molecule has 14 heavy (non-hydrogen) atoms. The van der Waals surface area contributed by atoms with Gasteiger partial charge in [-0.15, -0.1) is 0 Å². The van der Waals surface area contributed by atoms with Crippen LogP contribution < -0.4 is 0 Å². The van der Waals surface area contributed by atoms with Gasteiger partial charge in [0.25, 0.3) is 0 Å². The Morgan fingerprint density at radius 3 is 2.86 bits per heavy atom. The summed E-state index contributed by atoms with van der Waals surface area (Å²) in [5.41, 5.74) is 0.793. The molecule has 0 aliphatic rings. The molecule has 1 aromatic rings. The van der Waals surface area contributed by atoms with Crippen molar-refractivity contribution in [3.8, 4) is 0 Å². The minimum Gasteiger partial charge on any atom is -0.501 e. The van der Waals surface area contributed by atoms with Gasteiger partial charge in [-0.3, -0.25) is 4.79 Å². The quantitative estimate of drug-likeness (QED) is 0.544. The van der Waals surface area contributed by atoms with Gasteiger partial charge in [-0.05, 0) is 25.1 Å². The van der Waals surface area contributed by atoms with Crippen molar-refractivity contribution >= 4 is 18.4 Å². The highest BCUT2D eigenvalue weighted by Crippen LogP contribution is 2.18. The fourth-order valence-corrected chi connectivity index (χ4v) is 1.05. The number of hydrogen-bond acceptors (Lipinski definition) is 3. The number of allylic oxidation sites excluding steroid dienone is 1. The van der Waals surface area contributed by atoms with Crippen molar-refractivity contribution in [2.45, 2.75) is 6.92 Å². The third-order valence-corrected chi connectivity index (χ3v) is 1.79. The summed E-state index contributed by atoms with van der Waals surface area (Å²) in [6.45, 7) is 5.41. The summed E-state index contributed by atoms with van der Waals surface area (Å²) in [4.78, 5) is 10.5. The summed E-state index contributed by atoms with van der Waals surface area (Å²) in [5, 5.41) is 0. The Balaban J connectivity index is 3.12. The molecule has 0 bridgehead atoms. The Labute approximate surface area is 82.7 Å². The normalized spacial score (nSPS) is 11.1. The van der Waals surface area contributed by atoms with Crippen LogP contribution in [0, 0.1) is 0 Å². The van der Waals surface area contributed by atoms with Crippen molar-refractivity contribution in [2.24, 2.45) is 0 Å². The van der Waals surface area contributed by atoms with Gasteiger partial charge in [0, 0.05) is 5.56 Å². The number of methoxy groups -OCH3 is 1. The van der Waals surface area contributed by atoms with Gasteiger partial charge in [-0.2, -0.15) is 0 Å². The molecule has 0 spiro atoms. The highest BCUT2D eigenvalue weighted by atomic mass is 16.5. The zero-order chi connectivity index (χ0) is 10.6. The fraction of sp³-hybridized carbons (Fsp3) is 0.182. The Hall–Kier alpha value is -1.77. The van der Waals surface area contributed by atoms with E-state index in [-0.39, 0.29) is 5.76 Å². The van der Waals surface area contributed by atoms with E-state index in [1.807, 2.05) is 6.92 Å². The first-order valence-corrected chi connectivity index (χ1v) is 4.15. The van der Waals surface area contributed by atoms with Crippen LogP contribution >= 0.6 is 0 Å². The van der Waals surface area contributed by atoms with Crippen LogP contribution in [-0.2, 0) is 4.74 Å². The molecule has 0 atom stereocenters. The second-order valence-electron chi connectivity index (χ2n) is 2.75. The van der Waals surface area contributed by atoms with Crippen molar-refractivity contribution in [1.29, 1.82) is 0 Å². The molecular weight excluding hydrogens is 180 g/mol. The predicted molar refractivity (Wildman–Crippen MR) is 54.8 cm³/mol. The molecule has 3 nitrogen and oxygen atoms in total. The average Bonchev–Trinajstić information content (AvgIpc) is 2.60. The van der Waals surface area contributed by atoms with Crippen LogP contribution in [0.15, 0.2) is 22.8 Å². The summed E-state index contributed by atoms with van der Waals surface area (Å²) in [7, 11) is 1.58. The topological polar surface area (TPSA) is 39.4 Å². The lowest BCUT2D eigenvalue weighted by Crippen LogP contribution is -1.79. The minimum absolute atomic E-state index is 0.287. The molecule has 0 saturated carbocycles. The molecule has 0 aliphatic heterocycles. The number of furan rings is 1. The molecule has 0 unspecified atom stereocenters. The molecule has 0 aromatic carbocycles. The lowest BCUT2D eigenvalue weighted by molar-refractivity contribution is 0.110. The van der Waals surface area contributed by atoms with E-state index in [1.165, 1.54) is 0 Å². The summed E-state index contributed by atoms with van der Waals surface area (Å²) in [5.74, 6) is 1.60. The smallest absolute Gasteiger partial charge is 0.185 e. The number of aldehydes is 1. The van der Waals surface area contributed by atoms with Gasteiger partial charge >= 0.3 is 0 Å². The third-order valence-electron chi connectivity index (χ3n) is 1.79. The lowest BCUT2D eigenvalue weighted by Gasteiger charge is -1.96. The van der Waals surface area contributed by atoms with E-state index in [9.17, 15) is 4.79 Å². The van der Waals surface area contributed by atoms with Crippen molar-refractivity contribution in [1.82, 2.24) is 0 Å². The number of carbonyl (C=O) groups is 1. The maximum Gasteiger partial charge on any atom is 0.185 e. The lowest BCUT2D eigenvalue weighted by atomic mass is 10.2. The SMILES string of the molecule is C=Cc1oc(C=O)cc1/C=C(\C)OC. The minimum atomic E-state index is 0.287. The summed E-state index contributed by atoms with van der Waals surface area (Å²) in [6, 6.07) is 1.65. The second kappa shape index (κ2) is 4.46. The highest BCUT2D eigenvalue weighted by molar-refractivity contribution is 5.75. The third kappa shape index (κ3) is 2.13. The molecule has 0 radical (unpaired) electrons. The molecule has 0 N–H and O–H groups in total. The molecule has 1 rings (SSSR count). The first-order chi connectivity index (χ1) is 6.71. The van der Waals surface area contributed by atoms with Crippen LogP contribution in [0.1, 0.15) is 28.8 Å². The van der Waals surface area contributed by atoms with Crippen LogP contribution in [0.25, 0.3) is 12.2 Å². The molecule has 3 heteroatoms. The molecule has 0 aliphatic carbocycles. The average molecular weight is 192 g/mol. The van der Waals surface area contributed by atoms with Gasteiger partial charge in [0.05, 0.1) is 12.9 Å². The molecular formula is C11H12O3. The number of rotatable bonds is 4. The zero-order valence-corrected chi connectivity index (χ0v) is 8.24. The van der Waals surface area contributed by atoms with E-state index >= 15 is 0 Å². The maximum atomic E-state index is 10.5. The highest BCUT2D eigenvalue weighted by Gasteiger charge is 2.05. The fourth-order valence-electron chi connectivity index (χ4n) is 1.05.